The monoisotopic (exact) mass is 236 g/mol. The van der Waals surface area contributed by atoms with Crippen LogP contribution < -0.4 is 5.32 Å². The molecule has 0 aromatic carbocycles. The summed E-state index contributed by atoms with van der Waals surface area (Å²) in [5.41, 5.74) is 2.30. The first-order valence-electron chi connectivity index (χ1n) is 6.71. The third kappa shape index (κ3) is 3.54. The summed E-state index contributed by atoms with van der Waals surface area (Å²) in [6.07, 6.45) is 5.90. The minimum absolute atomic E-state index is 0.634. The van der Waals surface area contributed by atoms with Crippen molar-refractivity contribution in [2.24, 2.45) is 0 Å². The van der Waals surface area contributed by atoms with Crippen molar-refractivity contribution in [2.45, 2.75) is 45.7 Å². The molecule has 96 valence electrons. The van der Waals surface area contributed by atoms with Gasteiger partial charge in [-0.1, -0.05) is 6.42 Å². The SMILES string of the molecule is Cc1[nH]cnc1CNCC(C)N1CCCCC1. The predicted octanol–water partition coefficient (Wildman–Crippen LogP) is 1.68. The normalized spacial score (nSPS) is 19.4. The van der Waals surface area contributed by atoms with Gasteiger partial charge >= 0.3 is 0 Å². The van der Waals surface area contributed by atoms with Gasteiger partial charge in [0, 0.05) is 24.8 Å². The summed E-state index contributed by atoms with van der Waals surface area (Å²) < 4.78 is 0. The van der Waals surface area contributed by atoms with E-state index in [1.165, 1.54) is 38.0 Å². The highest BCUT2D eigenvalue weighted by atomic mass is 15.2. The topological polar surface area (TPSA) is 44.0 Å². The van der Waals surface area contributed by atoms with Gasteiger partial charge in [-0.3, -0.25) is 4.90 Å². The van der Waals surface area contributed by atoms with E-state index < -0.39 is 0 Å². The maximum absolute atomic E-state index is 4.29. The molecule has 1 fully saturated rings. The molecule has 2 N–H and O–H groups in total. The zero-order valence-corrected chi connectivity index (χ0v) is 11.0. The van der Waals surface area contributed by atoms with Crippen molar-refractivity contribution in [3.8, 4) is 0 Å². The summed E-state index contributed by atoms with van der Waals surface area (Å²) in [7, 11) is 0. The molecule has 0 saturated carbocycles. The van der Waals surface area contributed by atoms with E-state index in [9.17, 15) is 0 Å². The zero-order valence-electron chi connectivity index (χ0n) is 11.0. The Morgan fingerprint density at radius 1 is 1.41 bits per heavy atom. The fourth-order valence-electron chi connectivity index (χ4n) is 2.45. The van der Waals surface area contributed by atoms with E-state index in [1.54, 1.807) is 6.33 Å². The number of aromatic amines is 1. The van der Waals surface area contributed by atoms with Crippen LogP contribution in [0.4, 0.5) is 0 Å². The molecule has 0 amide bonds. The second kappa shape index (κ2) is 6.17. The number of hydrogen-bond donors (Lipinski definition) is 2. The van der Waals surface area contributed by atoms with E-state index >= 15 is 0 Å². The summed E-state index contributed by atoms with van der Waals surface area (Å²) in [6.45, 7) is 8.84. The molecule has 0 radical (unpaired) electrons. The number of imidazole rings is 1. The van der Waals surface area contributed by atoms with E-state index in [1.807, 2.05) is 0 Å². The lowest BCUT2D eigenvalue weighted by molar-refractivity contribution is 0.170. The van der Waals surface area contributed by atoms with Gasteiger partial charge in [0.1, 0.15) is 0 Å². The van der Waals surface area contributed by atoms with Gasteiger partial charge < -0.3 is 10.3 Å². The maximum atomic E-state index is 4.29. The quantitative estimate of drug-likeness (QED) is 0.817. The van der Waals surface area contributed by atoms with Crippen molar-refractivity contribution >= 4 is 0 Å². The van der Waals surface area contributed by atoms with Gasteiger partial charge in [-0.2, -0.15) is 0 Å². The van der Waals surface area contributed by atoms with Gasteiger partial charge in [0.2, 0.25) is 0 Å². The Balaban J connectivity index is 1.69. The van der Waals surface area contributed by atoms with Crippen molar-refractivity contribution in [1.29, 1.82) is 0 Å². The standard InChI is InChI=1S/C13H24N4/c1-11(17-6-4-3-5-7-17)8-14-9-13-12(2)15-10-16-13/h10-11,14H,3-9H2,1-2H3,(H,15,16). The van der Waals surface area contributed by atoms with Crippen LogP contribution in [0.3, 0.4) is 0 Å². The lowest BCUT2D eigenvalue weighted by atomic mass is 10.1. The number of likely N-dealkylation sites (tertiary alicyclic amines) is 1. The van der Waals surface area contributed by atoms with Crippen molar-refractivity contribution < 1.29 is 0 Å². The summed E-state index contributed by atoms with van der Waals surface area (Å²) in [4.78, 5) is 9.99. The molecule has 1 unspecified atom stereocenters. The van der Waals surface area contributed by atoms with E-state index in [2.05, 4.69) is 34.0 Å². The Hall–Kier alpha value is -0.870. The van der Waals surface area contributed by atoms with E-state index in [0.717, 1.165) is 18.8 Å². The van der Waals surface area contributed by atoms with Gasteiger partial charge in [-0.25, -0.2) is 4.98 Å². The highest BCUT2D eigenvalue weighted by Crippen LogP contribution is 2.11. The molecule has 0 bridgehead atoms. The molecule has 4 heteroatoms. The molecule has 1 saturated heterocycles. The Morgan fingerprint density at radius 3 is 2.82 bits per heavy atom. The van der Waals surface area contributed by atoms with Crippen molar-refractivity contribution in [2.75, 3.05) is 19.6 Å². The van der Waals surface area contributed by atoms with Crippen LogP contribution in [0.2, 0.25) is 0 Å². The number of nitrogens with one attached hydrogen (secondary N) is 2. The molecule has 1 aromatic rings. The number of piperidine rings is 1. The third-order valence-electron chi connectivity index (χ3n) is 3.68. The van der Waals surface area contributed by atoms with E-state index in [-0.39, 0.29) is 0 Å². The highest BCUT2D eigenvalue weighted by Gasteiger charge is 2.16. The predicted molar refractivity (Wildman–Crippen MR) is 69.9 cm³/mol. The molecule has 17 heavy (non-hydrogen) atoms. The first-order chi connectivity index (χ1) is 8.27. The van der Waals surface area contributed by atoms with Gasteiger partial charge in [-0.05, 0) is 39.8 Å². The average molecular weight is 236 g/mol. The molecule has 4 nitrogen and oxygen atoms in total. The first-order valence-corrected chi connectivity index (χ1v) is 6.71. The highest BCUT2D eigenvalue weighted by molar-refractivity contribution is 5.07. The van der Waals surface area contributed by atoms with Gasteiger partial charge in [0.05, 0.1) is 12.0 Å². The molecule has 1 atom stereocenters. The van der Waals surface area contributed by atoms with Crippen LogP contribution in [-0.4, -0.2) is 40.5 Å². The van der Waals surface area contributed by atoms with Gasteiger partial charge in [0.25, 0.3) is 0 Å². The average Bonchev–Trinajstić information content (AvgIpc) is 2.76. The fraction of sp³-hybridized carbons (Fsp3) is 0.769. The molecule has 1 aliphatic heterocycles. The van der Waals surface area contributed by atoms with E-state index in [0.29, 0.717) is 6.04 Å². The molecular formula is C13H24N4. The summed E-state index contributed by atoms with van der Waals surface area (Å²) in [5, 5.41) is 3.50. The number of hydrogen-bond acceptors (Lipinski definition) is 3. The minimum atomic E-state index is 0.634. The number of aromatic nitrogens is 2. The lowest BCUT2D eigenvalue weighted by Crippen LogP contribution is -2.43. The van der Waals surface area contributed by atoms with Crippen LogP contribution in [0.5, 0.6) is 0 Å². The minimum Gasteiger partial charge on any atom is -0.348 e. The molecule has 1 aromatic heterocycles. The second-order valence-electron chi connectivity index (χ2n) is 5.05. The largest absolute Gasteiger partial charge is 0.348 e. The van der Waals surface area contributed by atoms with Crippen LogP contribution in [0.15, 0.2) is 6.33 Å². The number of rotatable bonds is 5. The van der Waals surface area contributed by atoms with Gasteiger partial charge in [0.15, 0.2) is 0 Å². The van der Waals surface area contributed by atoms with Crippen molar-refractivity contribution in [3.63, 3.8) is 0 Å². The molecule has 1 aliphatic rings. The second-order valence-corrected chi connectivity index (χ2v) is 5.05. The first kappa shape index (κ1) is 12.6. The van der Waals surface area contributed by atoms with Gasteiger partial charge in [-0.15, -0.1) is 0 Å². The summed E-state index contributed by atoms with van der Waals surface area (Å²) in [6, 6.07) is 0.634. The fourth-order valence-corrected chi connectivity index (χ4v) is 2.45. The van der Waals surface area contributed by atoms with E-state index in [4.69, 9.17) is 0 Å². The molecule has 0 spiro atoms. The van der Waals surface area contributed by atoms with Crippen molar-refractivity contribution in [3.05, 3.63) is 17.7 Å². The van der Waals surface area contributed by atoms with Crippen LogP contribution in [-0.2, 0) is 6.54 Å². The molecule has 2 heterocycles. The summed E-state index contributed by atoms with van der Waals surface area (Å²) in [5.74, 6) is 0. The van der Waals surface area contributed by atoms with Crippen LogP contribution >= 0.6 is 0 Å². The Morgan fingerprint density at radius 2 is 2.18 bits per heavy atom. The Bertz CT molecular complexity index is 328. The van der Waals surface area contributed by atoms with Crippen LogP contribution in [0.1, 0.15) is 37.6 Å². The maximum Gasteiger partial charge on any atom is 0.0925 e. The molecule has 2 rings (SSSR count). The third-order valence-corrected chi connectivity index (χ3v) is 3.68. The lowest BCUT2D eigenvalue weighted by Gasteiger charge is -2.32. The van der Waals surface area contributed by atoms with Crippen LogP contribution in [0.25, 0.3) is 0 Å². The summed E-state index contributed by atoms with van der Waals surface area (Å²) >= 11 is 0. The number of aryl methyl sites for hydroxylation is 1. The number of H-pyrrole nitrogens is 1. The van der Waals surface area contributed by atoms with Crippen molar-refractivity contribution in [1.82, 2.24) is 20.2 Å². The van der Waals surface area contributed by atoms with Crippen LogP contribution in [0, 0.1) is 6.92 Å². The zero-order chi connectivity index (χ0) is 12.1. The Labute approximate surface area is 104 Å². The molecule has 0 aliphatic carbocycles. The molecular weight excluding hydrogens is 212 g/mol. The Kier molecular flexibility index (Phi) is 4.57. The number of nitrogens with zero attached hydrogens (tertiary/aromatic N) is 2. The smallest absolute Gasteiger partial charge is 0.0925 e.